The molecule has 1 unspecified atom stereocenters. The molecular weight excluding hydrogens is 417 g/mol. The van der Waals surface area contributed by atoms with Crippen molar-refractivity contribution in [1.29, 1.82) is 0 Å². The monoisotopic (exact) mass is 445 g/mol. The Balaban J connectivity index is 1.33. The Morgan fingerprint density at radius 3 is 2.75 bits per heavy atom. The molecule has 172 valence electrons. The minimum Gasteiger partial charge on any atom is -0.375 e. The van der Waals surface area contributed by atoms with E-state index in [1.54, 1.807) is 11.6 Å². The molecule has 3 aliphatic heterocycles. The van der Waals surface area contributed by atoms with E-state index in [1.165, 1.54) is 4.57 Å². The molecule has 3 saturated heterocycles. The smallest absolute Gasteiger partial charge is 0.329 e. The maximum absolute atomic E-state index is 13.9. The van der Waals surface area contributed by atoms with Gasteiger partial charge in [-0.2, -0.15) is 0 Å². The molecular formula is C22H28FN5O4. The predicted molar refractivity (Wildman–Crippen MR) is 116 cm³/mol. The number of rotatable bonds is 5. The molecule has 0 radical (unpaired) electrons. The van der Waals surface area contributed by atoms with Gasteiger partial charge in [0.1, 0.15) is 12.2 Å². The van der Waals surface area contributed by atoms with E-state index in [1.807, 2.05) is 18.2 Å². The lowest BCUT2D eigenvalue weighted by atomic mass is 9.99. The number of amides is 2. The van der Waals surface area contributed by atoms with Gasteiger partial charge in [-0.1, -0.05) is 6.07 Å². The Morgan fingerprint density at radius 1 is 1.19 bits per heavy atom. The minimum absolute atomic E-state index is 0.212. The number of aromatic nitrogens is 2. The summed E-state index contributed by atoms with van der Waals surface area (Å²) in [7, 11) is 1.70. The zero-order valence-corrected chi connectivity index (χ0v) is 18.1. The summed E-state index contributed by atoms with van der Waals surface area (Å²) in [5.41, 5.74) is 2.10. The summed E-state index contributed by atoms with van der Waals surface area (Å²) in [4.78, 5) is 39.2. The fraction of sp³-hybridized carbons (Fsp3) is 0.591. The number of piperidine rings is 2. The second kappa shape index (κ2) is 8.32. The summed E-state index contributed by atoms with van der Waals surface area (Å²) in [6.07, 6.45) is -0.0907. The SMILES string of the molecule is Cn1c(=O)n(C2CCC(=O)NC2=O)c2cccc(N3CC(CO[C@H]4CCNC[C@H]4F)C3)c21. The van der Waals surface area contributed by atoms with Gasteiger partial charge < -0.3 is 15.0 Å². The summed E-state index contributed by atoms with van der Waals surface area (Å²) in [6, 6.07) is 4.99. The molecule has 0 saturated carbocycles. The number of fused-ring (bicyclic) bond motifs is 1. The number of imidazole rings is 1. The van der Waals surface area contributed by atoms with Gasteiger partial charge in [-0.05, 0) is 31.5 Å². The van der Waals surface area contributed by atoms with E-state index in [0.29, 0.717) is 37.4 Å². The number of aryl methyl sites for hydroxylation is 1. The number of benzene rings is 1. The molecule has 5 rings (SSSR count). The maximum Gasteiger partial charge on any atom is 0.329 e. The number of ether oxygens (including phenoxy) is 1. The maximum atomic E-state index is 13.9. The van der Waals surface area contributed by atoms with Gasteiger partial charge in [0.15, 0.2) is 0 Å². The number of anilines is 1. The second-order valence-corrected chi connectivity index (χ2v) is 8.97. The normalized spacial score (nSPS) is 26.9. The van der Waals surface area contributed by atoms with E-state index in [9.17, 15) is 18.8 Å². The van der Waals surface area contributed by atoms with Crippen LogP contribution < -0.4 is 21.2 Å². The highest BCUT2D eigenvalue weighted by molar-refractivity contribution is 6.00. The highest BCUT2D eigenvalue weighted by Crippen LogP contribution is 2.33. The van der Waals surface area contributed by atoms with Crippen molar-refractivity contribution in [3.8, 4) is 0 Å². The van der Waals surface area contributed by atoms with Crippen molar-refractivity contribution in [3.05, 3.63) is 28.7 Å². The van der Waals surface area contributed by atoms with Crippen LogP contribution in [0.3, 0.4) is 0 Å². The minimum atomic E-state index is -0.963. The highest BCUT2D eigenvalue weighted by Gasteiger charge is 2.34. The van der Waals surface area contributed by atoms with Gasteiger partial charge >= 0.3 is 5.69 Å². The molecule has 32 heavy (non-hydrogen) atoms. The number of halogens is 1. The number of carbonyl (C=O) groups is 2. The molecule has 9 nitrogen and oxygen atoms in total. The summed E-state index contributed by atoms with van der Waals surface area (Å²) in [5, 5.41) is 5.37. The second-order valence-electron chi connectivity index (χ2n) is 8.97. The molecule has 2 amide bonds. The highest BCUT2D eigenvalue weighted by atomic mass is 19.1. The first-order chi connectivity index (χ1) is 15.4. The molecule has 2 N–H and O–H groups in total. The number of nitrogens with one attached hydrogen (secondary N) is 2. The zero-order chi connectivity index (χ0) is 22.4. The van der Waals surface area contributed by atoms with Crippen LogP contribution >= 0.6 is 0 Å². The summed E-state index contributed by atoms with van der Waals surface area (Å²) in [6.45, 7) is 3.18. The van der Waals surface area contributed by atoms with Crippen molar-refractivity contribution >= 4 is 28.5 Å². The van der Waals surface area contributed by atoms with E-state index in [2.05, 4.69) is 15.5 Å². The molecule has 3 fully saturated rings. The molecule has 1 aromatic carbocycles. The number of hydrogen-bond acceptors (Lipinski definition) is 6. The number of hydrogen-bond donors (Lipinski definition) is 2. The predicted octanol–water partition coefficient (Wildman–Crippen LogP) is 0.471. The lowest BCUT2D eigenvalue weighted by Crippen LogP contribution is -2.50. The first-order valence-corrected chi connectivity index (χ1v) is 11.2. The van der Waals surface area contributed by atoms with Crippen molar-refractivity contribution in [1.82, 2.24) is 19.8 Å². The average Bonchev–Trinajstić information content (AvgIpc) is 2.99. The van der Waals surface area contributed by atoms with E-state index in [4.69, 9.17) is 4.74 Å². The Bertz CT molecular complexity index is 1110. The van der Waals surface area contributed by atoms with Crippen molar-refractivity contribution in [2.75, 3.05) is 37.7 Å². The summed E-state index contributed by atoms with van der Waals surface area (Å²) >= 11 is 0. The van der Waals surface area contributed by atoms with E-state index in [-0.39, 0.29) is 24.1 Å². The standard InChI is InChI=1S/C22H28FN5O4/c1-26-20-15(27-10-13(11-27)12-32-18-7-8-24-9-14(18)23)3-2-4-16(20)28(22(26)31)17-5-6-19(29)25-21(17)30/h2-4,13-14,17-18,24H,5-12H2,1H3,(H,25,29,30)/t14-,17?,18+/m1/s1. The van der Waals surface area contributed by atoms with Gasteiger partial charge in [0, 0.05) is 39.0 Å². The first-order valence-electron chi connectivity index (χ1n) is 11.2. The Morgan fingerprint density at radius 2 is 2.00 bits per heavy atom. The number of alkyl halides is 1. The molecule has 1 aromatic heterocycles. The lowest BCUT2D eigenvalue weighted by Gasteiger charge is -2.42. The topological polar surface area (TPSA) is 97.6 Å². The van der Waals surface area contributed by atoms with Crippen LogP contribution in [0, 0.1) is 5.92 Å². The Kier molecular flexibility index (Phi) is 5.50. The quantitative estimate of drug-likeness (QED) is 0.650. The van der Waals surface area contributed by atoms with Crippen LogP contribution in [0.25, 0.3) is 11.0 Å². The molecule has 3 atom stereocenters. The van der Waals surface area contributed by atoms with Gasteiger partial charge in [0.25, 0.3) is 0 Å². The third-order valence-electron chi connectivity index (χ3n) is 6.80. The first kappa shape index (κ1) is 21.1. The lowest BCUT2D eigenvalue weighted by molar-refractivity contribution is -0.135. The van der Waals surface area contributed by atoms with Crippen LogP contribution in [-0.4, -0.2) is 66.0 Å². The van der Waals surface area contributed by atoms with E-state index >= 15 is 0 Å². The van der Waals surface area contributed by atoms with Crippen LogP contribution in [0.2, 0.25) is 0 Å². The zero-order valence-electron chi connectivity index (χ0n) is 18.1. The van der Waals surface area contributed by atoms with Crippen LogP contribution in [0.4, 0.5) is 10.1 Å². The Labute approximate surface area is 184 Å². The molecule has 4 heterocycles. The van der Waals surface area contributed by atoms with Gasteiger partial charge in [-0.25, -0.2) is 9.18 Å². The van der Waals surface area contributed by atoms with Crippen molar-refractivity contribution in [3.63, 3.8) is 0 Å². The van der Waals surface area contributed by atoms with Gasteiger partial charge in [0.05, 0.1) is 29.4 Å². The summed E-state index contributed by atoms with van der Waals surface area (Å²) < 4.78 is 22.9. The fourth-order valence-electron chi connectivity index (χ4n) is 5.02. The molecule has 3 aliphatic rings. The van der Waals surface area contributed by atoms with Crippen molar-refractivity contribution < 1.29 is 18.7 Å². The van der Waals surface area contributed by atoms with Crippen molar-refractivity contribution in [2.45, 2.75) is 37.6 Å². The van der Waals surface area contributed by atoms with Crippen LogP contribution in [-0.2, 0) is 21.4 Å². The van der Waals surface area contributed by atoms with Crippen LogP contribution in [0.15, 0.2) is 23.0 Å². The molecule has 10 heteroatoms. The average molecular weight is 445 g/mol. The molecule has 0 bridgehead atoms. The largest absolute Gasteiger partial charge is 0.375 e. The third kappa shape index (κ3) is 3.61. The van der Waals surface area contributed by atoms with Crippen molar-refractivity contribution in [2.24, 2.45) is 13.0 Å². The summed E-state index contributed by atoms with van der Waals surface area (Å²) in [5.74, 6) is -0.439. The number of imide groups is 1. The fourth-order valence-corrected chi connectivity index (χ4v) is 5.02. The number of carbonyl (C=O) groups excluding carboxylic acids is 2. The number of para-hydroxylation sites is 1. The number of nitrogens with zero attached hydrogens (tertiary/aromatic N) is 3. The molecule has 0 aliphatic carbocycles. The molecule has 0 spiro atoms. The van der Waals surface area contributed by atoms with Gasteiger partial charge in [0.2, 0.25) is 11.8 Å². The molecule has 2 aromatic rings. The Hall–Kier alpha value is -2.72. The third-order valence-corrected chi connectivity index (χ3v) is 6.80. The van der Waals surface area contributed by atoms with Crippen LogP contribution in [0.5, 0.6) is 0 Å². The van der Waals surface area contributed by atoms with Crippen LogP contribution in [0.1, 0.15) is 25.3 Å². The van der Waals surface area contributed by atoms with E-state index in [0.717, 1.165) is 30.8 Å². The van der Waals surface area contributed by atoms with E-state index < -0.39 is 18.1 Å². The van der Waals surface area contributed by atoms with Gasteiger partial charge in [-0.15, -0.1) is 0 Å². The van der Waals surface area contributed by atoms with Gasteiger partial charge in [-0.3, -0.25) is 24.0 Å².